The molecule has 1 N–H and O–H groups in total. The largest absolute Gasteiger partial charge is 0.315 e. The van der Waals surface area contributed by atoms with Crippen molar-refractivity contribution in [2.45, 2.75) is 25.4 Å². The van der Waals surface area contributed by atoms with Crippen LogP contribution < -0.4 is 5.32 Å². The van der Waals surface area contributed by atoms with Crippen molar-refractivity contribution in [3.8, 4) is 0 Å². The molecular weight excluding hydrogens is 267 g/mol. The third-order valence-corrected chi connectivity index (χ3v) is 5.06. The molecule has 0 bridgehead atoms. The molecule has 2 atom stereocenters. The van der Waals surface area contributed by atoms with E-state index < -0.39 is 0 Å². The van der Waals surface area contributed by atoms with Gasteiger partial charge in [-0.05, 0) is 43.5 Å². The third-order valence-electron chi connectivity index (χ3n) is 4.20. The van der Waals surface area contributed by atoms with Crippen LogP contribution in [0.5, 0.6) is 0 Å². The first-order valence-electron chi connectivity index (χ1n) is 6.63. The Kier molecular flexibility index (Phi) is 3.81. The van der Waals surface area contributed by atoms with Crippen molar-refractivity contribution in [3.63, 3.8) is 0 Å². The van der Waals surface area contributed by atoms with Gasteiger partial charge in [-0.25, -0.2) is 0 Å². The molecule has 0 radical (unpaired) electrons. The topological polar surface area (TPSA) is 15.3 Å². The molecule has 2 aliphatic heterocycles. The normalized spacial score (nSPS) is 28.3. The molecule has 4 heteroatoms. The van der Waals surface area contributed by atoms with Crippen LogP contribution in [0.15, 0.2) is 18.2 Å². The maximum Gasteiger partial charge on any atom is 0.0637 e. The maximum atomic E-state index is 6.28. The number of likely N-dealkylation sites (tertiary alicyclic amines) is 1. The molecule has 98 valence electrons. The third kappa shape index (κ3) is 2.39. The number of benzene rings is 1. The van der Waals surface area contributed by atoms with Crippen molar-refractivity contribution in [1.82, 2.24) is 10.2 Å². The van der Waals surface area contributed by atoms with E-state index >= 15 is 0 Å². The SMILES string of the molecule is Clc1cccc(CN2CCCC3CNCC32)c1Cl. The van der Waals surface area contributed by atoms with Gasteiger partial charge >= 0.3 is 0 Å². The smallest absolute Gasteiger partial charge is 0.0637 e. The van der Waals surface area contributed by atoms with Gasteiger partial charge in [-0.1, -0.05) is 35.3 Å². The highest BCUT2D eigenvalue weighted by molar-refractivity contribution is 6.42. The van der Waals surface area contributed by atoms with E-state index in [1.165, 1.54) is 25.9 Å². The molecule has 18 heavy (non-hydrogen) atoms. The van der Waals surface area contributed by atoms with Crippen molar-refractivity contribution in [1.29, 1.82) is 0 Å². The minimum Gasteiger partial charge on any atom is -0.315 e. The number of nitrogens with one attached hydrogen (secondary N) is 1. The van der Waals surface area contributed by atoms with Gasteiger partial charge in [0, 0.05) is 19.1 Å². The summed E-state index contributed by atoms with van der Waals surface area (Å²) in [7, 11) is 0. The molecule has 0 spiro atoms. The van der Waals surface area contributed by atoms with Gasteiger partial charge in [-0.2, -0.15) is 0 Å². The lowest BCUT2D eigenvalue weighted by molar-refractivity contribution is 0.117. The highest BCUT2D eigenvalue weighted by Gasteiger charge is 2.34. The van der Waals surface area contributed by atoms with Crippen LogP contribution in [0.25, 0.3) is 0 Å². The molecule has 2 aliphatic rings. The summed E-state index contributed by atoms with van der Waals surface area (Å²) in [6.07, 6.45) is 2.65. The lowest BCUT2D eigenvalue weighted by Gasteiger charge is -2.37. The maximum absolute atomic E-state index is 6.28. The van der Waals surface area contributed by atoms with E-state index in [1.54, 1.807) is 0 Å². The van der Waals surface area contributed by atoms with Crippen LogP contribution in [-0.4, -0.2) is 30.6 Å². The van der Waals surface area contributed by atoms with Crippen LogP contribution in [0.2, 0.25) is 10.0 Å². The Balaban J connectivity index is 1.77. The Morgan fingerprint density at radius 1 is 1.28 bits per heavy atom. The highest BCUT2D eigenvalue weighted by atomic mass is 35.5. The number of fused-ring (bicyclic) bond motifs is 1. The first kappa shape index (κ1) is 12.7. The second-order valence-electron chi connectivity index (χ2n) is 5.31. The van der Waals surface area contributed by atoms with Crippen molar-refractivity contribution in [3.05, 3.63) is 33.8 Å². The quantitative estimate of drug-likeness (QED) is 0.898. The predicted molar refractivity (Wildman–Crippen MR) is 76.3 cm³/mol. The average molecular weight is 285 g/mol. The summed E-state index contributed by atoms with van der Waals surface area (Å²) in [5, 5.41) is 4.88. The van der Waals surface area contributed by atoms with Gasteiger partial charge < -0.3 is 5.32 Å². The Hall–Kier alpha value is -0.280. The van der Waals surface area contributed by atoms with Gasteiger partial charge in [0.05, 0.1) is 10.0 Å². The summed E-state index contributed by atoms with van der Waals surface area (Å²) in [6, 6.07) is 6.59. The van der Waals surface area contributed by atoms with Crippen molar-refractivity contribution in [2.75, 3.05) is 19.6 Å². The minimum absolute atomic E-state index is 0.660. The van der Waals surface area contributed by atoms with Crippen molar-refractivity contribution >= 4 is 23.2 Å². The zero-order valence-electron chi connectivity index (χ0n) is 10.3. The molecule has 1 aromatic rings. The minimum atomic E-state index is 0.660. The van der Waals surface area contributed by atoms with Gasteiger partial charge in [-0.3, -0.25) is 4.90 Å². The molecule has 2 unspecified atom stereocenters. The molecular formula is C14H18Cl2N2. The summed E-state index contributed by atoms with van der Waals surface area (Å²) in [5.41, 5.74) is 1.15. The lowest BCUT2D eigenvalue weighted by atomic mass is 9.91. The number of hydrogen-bond donors (Lipinski definition) is 1. The molecule has 0 saturated carbocycles. The van der Waals surface area contributed by atoms with E-state index in [9.17, 15) is 0 Å². The Morgan fingerprint density at radius 3 is 3.06 bits per heavy atom. The van der Waals surface area contributed by atoms with E-state index in [4.69, 9.17) is 23.2 Å². The monoisotopic (exact) mass is 284 g/mol. The van der Waals surface area contributed by atoms with E-state index in [0.29, 0.717) is 16.1 Å². The molecule has 2 nitrogen and oxygen atoms in total. The zero-order chi connectivity index (χ0) is 12.5. The Bertz CT molecular complexity index is 436. The van der Waals surface area contributed by atoms with Gasteiger partial charge in [0.15, 0.2) is 0 Å². The van der Waals surface area contributed by atoms with Crippen LogP contribution in [-0.2, 0) is 6.54 Å². The second kappa shape index (κ2) is 5.38. The Labute approximate surface area is 118 Å². The van der Waals surface area contributed by atoms with Crippen LogP contribution in [0.4, 0.5) is 0 Å². The number of piperidine rings is 1. The van der Waals surface area contributed by atoms with E-state index in [0.717, 1.165) is 24.6 Å². The molecule has 2 fully saturated rings. The molecule has 0 aliphatic carbocycles. The van der Waals surface area contributed by atoms with Crippen LogP contribution in [0.1, 0.15) is 18.4 Å². The lowest BCUT2D eigenvalue weighted by Crippen LogP contribution is -2.44. The summed E-state index contributed by atoms with van der Waals surface area (Å²) in [5.74, 6) is 0.816. The molecule has 2 heterocycles. The van der Waals surface area contributed by atoms with E-state index in [1.807, 2.05) is 12.1 Å². The second-order valence-corrected chi connectivity index (χ2v) is 6.10. The van der Waals surface area contributed by atoms with E-state index in [2.05, 4.69) is 16.3 Å². The fraction of sp³-hybridized carbons (Fsp3) is 0.571. The fourth-order valence-corrected chi connectivity index (χ4v) is 3.63. The van der Waals surface area contributed by atoms with Crippen molar-refractivity contribution in [2.24, 2.45) is 5.92 Å². The summed E-state index contributed by atoms with van der Waals surface area (Å²) < 4.78 is 0. The van der Waals surface area contributed by atoms with Gasteiger partial charge in [0.2, 0.25) is 0 Å². The highest BCUT2D eigenvalue weighted by Crippen LogP contribution is 2.31. The summed E-state index contributed by atoms with van der Waals surface area (Å²) >= 11 is 12.4. The van der Waals surface area contributed by atoms with Gasteiger partial charge in [0.1, 0.15) is 0 Å². The average Bonchev–Trinajstić information content (AvgIpc) is 2.84. The number of hydrogen-bond acceptors (Lipinski definition) is 2. The summed E-state index contributed by atoms with van der Waals surface area (Å²) in [4.78, 5) is 2.56. The van der Waals surface area contributed by atoms with Gasteiger partial charge in [-0.15, -0.1) is 0 Å². The number of nitrogens with zero attached hydrogens (tertiary/aromatic N) is 1. The van der Waals surface area contributed by atoms with Crippen molar-refractivity contribution < 1.29 is 0 Å². The number of rotatable bonds is 2. The first-order chi connectivity index (χ1) is 8.75. The van der Waals surface area contributed by atoms with Gasteiger partial charge in [0.25, 0.3) is 0 Å². The van der Waals surface area contributed by atoms with Crippen LogP contribution in [0.3, 0.4) is 0 Å². The molecule has 3 rings (SSSR count). The van der Waals surface area contributed by atoms with E-state index in [-0.39, 0.29) is 0 Å². The fourth-order valence-electron chi connectivity index (χ4n) is 3.25. The standard InChI is InChI=1S/C14H18Cl2N2/c15-12-5-1-3-11(14(12)16)9-18-6-2-4-10-7-17-8-13(10)18/h1,3,5,10,13,17H,2,4,6-9H2. The summed E-state index contributed by atoms with van der Waals surface area (Å²) in [6.45, 7) is 4.38. The first-order valence-corrected chi connectivity index (χ1v) is 7.39. The molecule has 2 saturated heterocycles. The molecule has 0 aromatic heterocycles. The molecule has 0 amide bonds. The zero-order valence-corrected chi connectivity index (χ0v) is 11.8. The van der Waals surface area contributed by atoms with Crippen LogP contribution >= 0.6 is 23.2 Å². The predicted octanol–water partition coefficient (Wildman–Crippen LogP) is 3.18. The molecule has 1 aromatic carbocycles. The Morgan fingerprint density at radius 2 is 2.17 bits per heavy atom. The number of halogens is 2. The van der Waals surface area contributed by atoms with Crippen LogP contribution in [0, 0.1) is 5.92 Å².